The fourth-order valence-corrected chi connectivity index (χ4v) is 3.48. The number of carboxylic acid groups (broad SMARTS) is 1. The van der Waals surface area contributed by atoms with Crippen LogP contribution >= 0.6 is 0 Å². The van der Waals surface area contributed by atoms with Gasteiger partial charge in [-0.1, -0.05) is 6.42 Å². The van der Waals surface area contributed by atoms with Crippen LogP contribution in [-0.2, 0) is 14.8 Å². The predicted molar refractivity (Wildman–Crippen MR) is 62.4 cm³/mol. The van der Waals surface area contributed by atoms with Crippen LogP contribution < -0.4 is 4.72 Å². The van der Waals surface area contributed by atoms with Gasteiger partial charge in [-0.15, -0.1) is 0 Å². The van der Waals surface area contributed by atoms with E-state index < -0.39 is 28.0 Å². The molecule has 0 spiro atoms. The van der Waals surface area contributed by atoms with E-state index >= 15 is 0 Å². The van der Waals surface area contributed by atoms with Crippen LogP contribution in [0.15, 0.2) is 11.2 Å². The first-order valence-corrected chi connectivity index (χ1v) is 7.15. The average molecular weight is 273 g/mol. The van der Waals surface area contributed by atoms with Crippen molar-refractivity contribution >= 4 is 16.0 Å². The van der Waals surface area contributed by atoms with Gasteiger partial charge in [0.05, 0.1) is 12.1 Å². The Kier molecular flexibility index (Phi) is 3.40. The molecule has 0 radical (unpaired) electrons. The minimum absolute atomic E-state index is 0.0314. The number of aromatic nitrogens is 2. The number of aliphatic carboxylic acids is 1. The van der Waals surface area contributed by atoms with Crippen molar-refractivity contribution in [1.29, 1.82) is 0 Å². The molecule has 0 bridgehead atoms. The number of sulfonamides is 1. The van der Waals surface area contributed by atoms with E-state index in [-0.39, 0.29) is 5.03 Å². The molecule has 1 fully saturated rings. The first-order chi connectivity index (χ1) is 8.40. The van der Waals surface area contributed by atoms with Gasteiger partial charge in [0.25, 0.3) is 10.0 Å². The minimum Gasteiger partial charge on any atom is -0.481 e. The highest BCUT2D eigenvalue weighted by Crippen LogP contribution is 2.27. The molecule has 1 aromatic heterocycles. The van der Waals surface area contributed by atoms with Crippen molar-refractivity contribution in [2.75, 3.05) is 0 Å². The van der Waals surface area contributed by atoms with E-state index in [4.69, 9.17) is 5.11 Å². The second-order valence-corrected chi connectivity index (χ2v) is 6.12. The zero-order valence-electron chi connectivity index (χ0n) is 9.88. The summed E-state index contributed by atoms with van der Waals surface area (Å²) in [4.78, 5) is 17.4. The molecule has 1 aliphatic carbocycles. The Hall–Kier alpha value is -1.41. The minimum atomic E-state index is -3.72. The number of nitrogens with zero attached hydrogens (tertiary/aromatic N) is 1. The molecule has 3 N–H and O–H groups in total. The van der Waals surface area contributed by atoms with Gasteiger partial charge in [-0.3, -0.25) is 4.79 Å². The lowest BCUT2D eigenvalue weighted by atomic mass is 10.1. The number of carbonyl (C=O) groups is 1. The van der Waals surface area contributed by atoms with Crippen LogP contribution in [0.25, 0.3) is 0 Å². The SMILES string of the molecule is Cc1ncc(S(=O)(=O)NC2CCCC2C(=O)O)[nH]1. The van der Waals surface area contributed by atoms with Crippen molar-refractivity contribution in [2.45, 2.75) is 37.3 Å². The molecule has 2 atom stereocenters. The zero-order chi connectivity index (χ0) is 13.3. The Morgan fingerprint density at radius 3 is 2.83 bits per heavy atom. The van der Waals surface area contributed by atoms with Crippen molar-refractivity contribution in [3.63, 3.8) is 0 Å². The van der Waals surface area contributed by atoms with E-state index in [2.05, 4.69) is 14.7 Å². The molecule has 7 nitrogen and oxygen atoms in total. The second-order valence-electron chi connectivity index (χ2n) is 4.44. The average Bonchev–Trinajstić information content (AvgIpc) is 2.86. The van der Waals surface area contributed by atoms with Gasteiger partial charge < -0.3 is 10.1 Å². The smallest absolute Gasteiger partial charge is 0.308 e. The summed E-state index contributed by atoms with van der Waals surface area (Å²) in [7, 11) is -3.72. The molecule has 2 rings (SSSR count). The van der Waals surface area contributed by atoms with Crippen LogP contribution in [0, 0.1) is 12.8 Å². The Morgan fingerprint density at radius 2 is 2.28 bits per heavy atom. The number of hydrogen-bond acceptors (Lipinski definition) is 4. The van der Waals surface area contributed by atoms with Gasteiger partial charge >= 0.3 is 5.97 Å². The van der Waals surface area contributed by atoms with Crippen LogP contribution in [0.3, 0.4) is 0 Å². The first-order valence-electron chi connectivity index (χ1n) is 5.67. The summed E-state index contributed by atoms with van der Waals surface area (Å²) in [6.07, 6.45) is 2.99. The molecule has 0 aromatic carbocycles. The molecule has 1 saturated carbocycles. The normalized spacial score (nSPS) is 24.3. The van der Waals surface area contributed by atoms with E-state index in [0.29, 0.717) is 25.1 Å². The number of aromatic amines is 1. The number of nitrogens with one attached hydrogen (secondary N) is 2. The van der Waals surface area contributed by atoms with E-state index in [1.54, 1.807) is 6.92 Å². The summed E-state index contributed by atoms with van der Waals surface area (Å²) in [5.74, 6) is -1.11. The van der Waals surface area contributed by atoms with Crippen LogP contribution in [0.5, 0.6) is 0 Å². The van der Waals surface area contributed by atoms with Crippen molar-refractivity contribution < 1.29 is 18.3 Å². The van der Waals surface area contributed by atoms with E-state index in [9.17, 15) is 13.2 Å². The van der Waals surface area contributed by atoms with Crippen LogP contribution in [-0.4, -0.2) is 35.5 Å². The molecule has 1 aliphatic rings. The van der Waals surface area contributed by atoms with Crippen molar-refractivity contribution in [2.24, 2.45) is 5.92 Å². The highest BCUT2D eigenvalue weighted by atomic mass is 32.2. The van der Waals surface area contributed by atoms with Gasteiger partial charge in [0, 0.05) is 6.04 Å². The molecule has 100 valence electrons. The van der Waals surface area contributed by atoms with Gasteiger partial charge in [-0.2, -0.15) is 0 Å². The zero-order valence-corrected chi connectivity index (χ0v) is 10.7. The fraction of sp³-hybridized carbons (Fsp3) is 0.600. The maximum Gasteiger partial charge on any atom is 0.308 e. The lowest BCUT2D eigenvalue weighted by molar-refractivity contribution is -0.141. The number of imidazole rings is 1. The number of aryl methyl sites for hydroxylation is 1. The van der Waals surface area contributed by atoms with Gasteiger partial charge in [0.15, 0.2) is 5.03 Å². The summed E-state index contributed by atoms with van der Waals surface area (Å²) in [5.41, 5.74) is 0. The number of hydrogen-bond donors (Lipinski definition) is 3. The summed E-state index contributed by atoms with van der Waals surface area (Å²) < 4.78 is 26.4. The quantitative estimate of drug-likeness (QED) is 0.728. The monoisotopic (exact) mass is 273 g/mol. The maximum atomic E-state index is 12.0. The lowest BCUT2D eigenvalue weighted by Crippen LogP contribution is -2.40. The van der Waals surface area contributed by atoms with Gasteiger partial charge in [0.1, 0.15) is 5.82 Å². The molecule has 0 saturated heterocycles. The highest BCUT2D eigenvalue weighted by Gasteiger charge is 2.36. The predicted octanol–water partition coefficient (Wildman–Crippen LogP) is 0.250. The highest BCUT2D eigenvalue weighted by molar-refractivity contribution is 7.89. The lowest BCUT2D eigenvalue weighted by Gasteiger charge is -2.16. The molecule has 0 amide bonds. The Bertz CT molecular complexity index is 551. The summed E-state index contributed by atoms with van der Waals surface area (Å²) in [5, 5.41) is 8.97. The first kappa shape index (κ1) is 13.0. The van der Waals surface area contributed by atoms with Gasteiger partial charge in [-0.05, 0) is 19.8 Å². The van der Waals surface area contributed by atoms with E-state index in [1.807, 2.05) is 0 Å². The second kappa shape index (κ2) is 4.69. The summed E-state index contributed by atoms with van der Waals surface area (Å²) >= 11 is 0. The molecule has 18 heavy (non-hydrogen) atoms. The summed E-state index contributed by atoms with van der Waals surface area (Å²) in [6.45, 7) is 1.65. The summed E-state index contributed by atoms with van der Waals surface area (Å²) in [6, 6.07) is -0.545. The van der Waals surface area contributed by atoms with E-state index in [0.717, 1.165) is 0 Å². The van der Waals surface area contributed by atoms with E-state index in [1.165, 1.54) is 6.20 Å². The van der Waals surface area contributed by atoms with Crippen molar-refractivity contribution in [3.05, 3.63) is 12.0 Å². The molecule has 2 unspecified atom stereocenters. The third kappa shape index (κ3) is 2.54. The Morgan fingerprint density at radius 1 is 1.56 bits per heavy atom. The topological polar surface area (TPSA) is 112 Å². The molecule has 0 aliphatic heterocycles. The fourth-order valence-electron chi connectivity index (χ4n) is 2.19. The van der Waals surface area contributed by atoms with Crippen LogP contribution in [0.2, 0.25) is 0 Å². The van der Waals surface area contributed by atoms with Gasteiger partial charge in [0.2, 0.25) is 0 Å². The van der Waals surface area contributed by atoms with Crippen LogP contribution in [0.1, 0.15) is 25.1 Å². The largest absolute Gasteiger partial charge is 0.481 e. The standard InChI is InChI=1S/C10H15N3O4S/c1-6-11-5-9(12-6)18(16,17)13-8-4-2-3-7(8)10(14)15/h5,7-8,13H,2-4H2,1H3,(H,11,12)(H,14,15). The molecule has 1 heterocycles. The molecular weight excluding hydrogens is 258 g/mol. The maximum absolute atomic E-state index is 12.0. The number of carboxylic acids is 1. The Labute approximate surface area is 105 Å². The van der Waals surface area contributed by atoms with Crippen LogP contribution in [0.4, 0.5) is 0 Å². The molecular formula is C10H15N3O4S. The number of H-pyrrole nitrogens is 1. The Balaban J connectivity index is 2.16. The third-order valence-corrected chi connectivity index (χ3v) is 4.51. The van der Waals surface area contributed by atoms with Crippen molar-refractivity contribution in [3.8, 4) is 0 Å². The van der Waals surface area contributed by atoms with Gasteiger partial charge in [-0.25, -0.2) is 18.1 Å². The van der Waals surface area contributed by atoms with Crippen molar-refractivity contribution in [1.82, 2.24) is 14.7 Å². The third-order valence-electron chi connectivity index (χ3n) is 3.11. The molecule has 1 aromatic rings. The molecule has 8 heteroatoms. The number of rotatable bonds is 4.